The number of carboxylic acid groups (broad SMARTS) is 1. The van der Waals surface area contributed by atoms with E-state index in [0.29, 0.717) is 11.0 Å². The standard InChI is InChI=1S/C16H19N3O5/c1-18-11-4-2-3-5-12(11)19(15(18)23)10-13(20)17-16(14(21)22)6-8-24-9-7-16/h2-5H,6-10H2,1H3,(H,17,20)(H,21,22). The molecule has 1 saturated heterocycles. The fraction of sp³-hybridized carbons (Fsp3) is 0.438. The Balaban J connectivity index is 1.86. The molecule has 0 atom stereocenters. The van der Waals surface area contributed by atoms with Crippen LogP contribution in [0.2, 0.25) is 0 Å². The number of benzene rings is 1. The van der Waals surface area contributed by atoms with Crippen molar-refractivity contribution in [3.05, 3.63) is 34.7 Å². The maximum absolute atomic E-state index is 12.4. The summed E-state index contributed by atoms with van der Waals surface area (Å²) in [6.45, 7) is 0.331. The highest BCUT2D eigenvalue weighted by Crippen LogP contribution is 2.21. The van der Waals surface area contributed by atoms with E-state index in [1.165, 1.54) is 9.13 Å². The number of aliphatic carboxylic acids is 1. The van der Waals surface area contributed by atoms with Gasteiger partial charge in [-0.1, -0.05) is 12.1 Å². The van der Waals surface area contributed by atoms with Gasteiger partial charge in [-0.15, -0.1) is 0 Å². The zero-order valence-electron chi connectivity index (χ0n) is 13.3. The maximum atomic E-state index is 12.4. The molecule has 1 fully saturated rings. The number of hydrogen-bond acceptors (Lipinski definition) is 4. The summed E-state index contributed by atoms with van der Waals surface area (Å²) < 4.78 is 7.99. The first-order valence-electron chi connectivity index (χ1n) is 7.71. The second kappa shape index (κ2) is 6.12. The van der Waals surface area contributed by atoms with Gasteiger partial charge in [-0.3, -0.25) is 13.9 Å². The number of nitrogens with one attached hydrogen (secondary N) is 1. The molecule has 1 aromatic carbocycles. The van der Waals surface area contributed by atoms with Crippen LogP contribution in [0.1, 0.15) is 12.8 Å². The average Bonchev–Trinajstić information content (AvgIpc) is 2.81. The van der Waals surface area contributed by atoms with Gasteiger partial charge in [0.2, 0.25) is 5.91 Å². The van der Waals surface area contributed by atoms with Crippen LogP contribution in [0.3, 0.4) is 0 Å². The summed E-state index contributed by atoms with van der Waals surface area (Å²) >= 11 is 0. The smallest absolute Gasteiger partial charge is 0.329 e. The number of aromatic nitrogens is 2. The van der Waals surface area contributed by atoms with Crippen LogP contribution in [0.4, 0.5) is 0 Å². The number of rotatable bonds is 4. The Bertz CT molecular complexity index is 845. The third-order valence-electron chi connectivity index (χ3n) is 4.49. The molecule has 1 amide bonds. The Morgan fingerprint density at radius 2 is 1.88 bits per heavy atom. The van der Waals surface area contributed by atoms with Crippen molar-refractivity contribution < 1.29 is 19.4 Å². The third kappa shape index (κ3) is 2.69. The Morgan fingerprint density at radius 1 is 1.25 bits per heavy atom. The molecule has 0 saturated carbocycles. The highest BCUT2D eigenvalue weighted by atomic mass is 16.5. The van der Waals surface area contributed by atoms with E-state index < -0.39 is 17.4 Å². The maximum Gasteiger partial charge on any atom is 0.329 e. The van der Waals surface area contributed by atoms with Crippen molar-refractivity contribution in [2.45, 2.75) is 24.9 Å². The molecule has 1 aliphatic heterocycles. The normalized spacial score (nSPS) is 16.9. The second-order valence-electron chi connectivity index (χ2n) is 5.96. The average molecular weight is 333 g/mol. The van der Waals surface area contributed by atoms with Crippen LogP contribution in [-0.2, 0) is 27.9 Å². The van der Waals surface area contributed by atoms with Crippen molar-refractivity contribution in [1.82, 2.24) is 14.5 Å². The van der Waals surface area contributed by atoms with Crippen LogP contribution in [0.15, 0.2) is 29.1 Å². The first-order chi connectivity index (χ1) is 11.4. The van der Waals surface area contributed by atoms with Gasteiger partial charge in [0.05, 0.1) is 11.0 Å². The number of para-hydroxylation sites is 2. The van der Waals surface area contributed by atoms with Crippen molar-refractivity contribution in [3.8, 4) is 0 Å². The van der Waals surface area contributed by atoms with E-state index in [4.69, 9.17) is 4.74 Å². The fourth-order valence-electron chi connectivity index (χ4n) is 3.08. The molecule has 3 rings (SSSR count). The minimum atomic E-state index is -1.33. The Hall–Kier alpha value is -2.61. The Kier molecular flexibility index (Phi) is 4.15. The number of aryl methyl sites for hydroxylation is 1. The van der Waals surface area contributed by atoms with Crippen LogP contribution >= 0.6 is 0 Å². The van der Waals surface area contributed by atoms with E-state index in [2.05, 4.69) is 5.32 Å². The van der Waals surface area contributed by atoms with Gasteiger partial charge in [0, 0.05) is 33.1 Å². The highest BCUT2D eigenvalue weighted by molar-refractivity contribution is 5.88. The summed E-state index contributed by atoms with van der Waals surface area (Å²) in [5.41, 5.74) is -0.294. The molecule has 0 radical (unpaired) electrons. The van der Waals surface area contributed by atoms with Crippen molar-refractivity contribution in [3.63, 3.8) is 0 Å². The molecule has 24 heavy (non-hydrogen) atoms. The lowest BCUT2D eigenvalue weighted by atomic mass is 9.90. The summed E-state index contributed by atoms with van der Waals surface area (Å²) in [5, 5.41) is 12.1. The predicted octanol–water partition coefficient (Wildman–Crippen LogP) is 0.0900. The lowest BCUT2D eigenvalue weighted by Gasteiger charge is -2.33. The molecule has 0 bridgehead atoms. The molecular weight excluding hydrogens is 314 g/mol. The van der Waals surface area contributed by atoms with Crippen molar-refractivity contribution >= 4 is 22.9 Å². The molecule has 0 aliphatic carbocycles. The van der Waals surface area contributed by atoms with Crippen LogP contribution in [0.25, 0.3) is 11.0 Å². The van der Waals surface area contributed by atoms with Gasteiger partial charge in [0.25, 0.3) is 0 Å². The number of hydrogen-bond donors (Lipinski definition) is 2. The van der Waals surface area contributed by atoms with Crippen LogP contribution in [0.5, 0.6) is 0 Å². The Labute approximate surface area is 137 Å². The molecule has 1 aliphatic rings. The number of carbonyl (C=O) groups excluding carboxylic acids is 1. The van der Waals surface area contributed by atoms with Gasteiger partial charge >= 0.3 is 11.7 Å². The van der Waals surface area contributed by atoms with Crippen molar-refractivity contribution in [1.29, 1.82) is 0 Å². The number of ether oxygens (including phenoxy) is 1. The van der Waals surface area contributed by atoms with E-state index in [1.807, 2.05) is 6.07 Å². The Morgan fingerprint density at radius 3 is 2.50 bits per heavy atom. The number of fused-ring (bicyclic) bond motifs is 1. The molecule has 2 aromatic rings. The van der Waals surface area contributed by atoms with Gasteiger partial charge in [0.1, 0.15) is 12.1 Å². The first-order valence-corrected chi connectivity index (χ1v) is 7.71. The van der Waals surface area contributed by atoms with E-state index in [-0.39, 0.29) is 38.3 Å². The third-order valence-corrected chi connectivity index (χ3v) is 4.49. The van der Waals surface area contributed by atoms with Gasteiger partial charge in [-0.2, -0.15) is 0 Å². The van der Waals surface area contributed by atoms with E-state index >= 15 is 0 Å². The van der Waals surface area contributed by atoms with Gasteiger partial charge in [-0.25, -0.2) is 9.59 Å². The van der Waals surface area contributed by atoms with E-state index in [9.17, 15) is 19.5 Å². The van der Waals surface area contributed by atoms with E-state index in [0.717, 1.165) is 0 Å². The molecule has 8 heteroatoms. The summed E-state index contributed by atoms with van der Waals surface area (Å²) in [6.07, 6.45) is 0.414. The topological polar surface area (TPSA) is 103 Å². The summed E-state index contributed by atoms with van der Waals surface area (Å²) in [6, 6.07) is 7.15. The molecule has 8 nitrogen and oxygen atoms in total. The minimum absolute atomic E-state index is 0.207. The van der Waals surface area contributed by atoms with E-state index in [1.54, 1.807) is 25.2 Å². The molecule has 0 unspecified atom stereocenters. The molecule has 0 spiro atoms. The lowest BCUT2D eigenvalue weighted by molar-refractivity contribution is -0.152. The first kappa shape index (κ1) is 16.3. The summed E-state index contributed by atoms with van der Waals surface area (Å²) in [5.74, 6) is -1.58. The zero-order valence-corrected chi connectivity index (χ0v) is 13.3. The van der Waals surface area contributed by atoms with Crippen LogP contribution in [-0.4, -0.2) is 44.9 Å². The van der Waals surface area contributed by atoms with Crippen molar-refractivity contribution in [2.75, 3.05) is 13.2 Å². The fourth-order valence-corrected chi connectivity index (χ4v) is 3.08. The predicted molar refractivity (Wildman–Crippen MR) is 85.7 cm³/mol. The number of carbonyl (C=O) groups is 2. The molecule has 128 valence electrons. The number of carboxylic acids is 1. The monoisotopic (exact) mass is 333 g/mol. The molecule has 2 heterocycles. The molecule has 1 aromatic heterocycles. The second-order valence-corrected chi connectivity index (χ2v) is 5.96. The zero-order chi connectivity index (χ0) is 17.3. The minimum Gasteiger partial charge on any atom is -0.480 e. The SMILES string of the molecule is Cn1c(=O)n(CC(=O)NC2(C(=O)O)CCOCC2)c2ccccc21. The lowest BCUT2D eigenvalue weighted by Crippen LogP contribution is -2.58. The summed E-state index contributed by atoms with van der Waals surface area (Å²) in [4.78, 5) is 36.4. The highest BCUT2D eigenvalue weighted by Gasteiger charge is 2.41. The van der Waals surface area contributed by atoms with Gasteiger partial charge in [0.15, 0.2) is 0 Å². The molecular formula is C16H19N3O5. The molecule has 2 N–H and O–H groups in total. The number of imidazole rings is 1. The number of amides is 1. The van der Waals surface area contributed by atoms with Crippen molar-refractivity contribution in [2.24, 2.45) is 7.05 Å². The quantitative estimate of drug-likeness (QED) is 0.825. The number of nitrogens with zero attached hydrogens (tertiary/aromatic N) is 2. The van der Waals surface area contributed by atoms with Crippen LogP contribution < -0.4 is 11.0 Å². The van der Waals surface area contributed by atoms with Crippen LogP contribution in [0, 0.1) is 0 Å². The van der Waals surface area contributed by atoms with Gasteiger partial charge < -0.3 is 15.2 Å². The van der Waals surface area contributed by atoms with Gasteiger partial charge in [-0.05, 0) is 12.1 Å². The largest absolute Gasteiger partial charge is 0.480 e. The summed E-state index contributed by atoms with van der Waals surface area (Å²) in [7, 11) is 1.64.